The van der Waals surface area contributed by atoms with Gasteiger partial charge in [-0.3, -0.25) is 4.98 Å². The molecule has 0 saturated carbocycles. The van der Waals surface area contributed by atoms with Gasteiger partial charge in [0.2, 0.25) is 0 Å². The first-order valence-electron chi connectivity index (χ1n) is 7.32. The van der Waals surface area contributed by atoms with E-state index in [0.29, 0.717) is 5.75 Å². The second kappa shape index (κ2) is 6.62. The predicted octanol–water partition coefficient (Wildman–Crippen LogP) is 4.14. The summed E-state index contributed by atoms with van der Waals surface area (Å²) in [6.07, 6.45) is 4.23. The quantitative estimate of drug-likeness (QED) is 0.782. The van der Waals surface area contributed by atoms with E-state index in [1.807, 2.05) is 6.07 Å². The Hall–Kier alpha value is -3.02. The molecular formula is C18H15F2N3O. The SMILES string of the molecule is C[C@@H](Oc1cc(-c2cccnc2)cnc1N)c1cc(F)ccc1F. The van der Waals surface area contributed by atoms with Gasteiger partial charge in [-0.2, -0.15) is 0 Å². The number of nitrogens with two attached hydrogens (primary N) is 1. The lowest BCUT2D eigenvalue weighted by molar-refractivity contribution is 0.221. The van der Waals surface area contributed by atoms with Crippen LogP contribution in [0, 0.1) is 11.6 Å². The van der Waals surface area contributed by atoms with E-state index in [-0.39, 0.29) is 11.4 Å². The van der Waals surface area contributed by atoms with E-state index in [9.17, 15) is 8.78 Å². The first-order chi connectivity index (χ1) is 11.5. The van der Waals surface area contributed by atoms with Gasteiger partial charge in [0.05, 0.1) is 0 Å². The van der Waals surface area contributed by atoms with E-state index < -0.39 is 17.7 Å². The Morgan fingerprint density at radius 1 is 1.08 bits per heavy atom. The van der Waals surface area contributed by atoms with Crippen molar-refractivity contribution in [2.24, 2.45) is 0 Å². The van der Waals surface area contributed by atoms with Crippen molar-refractivity contribution in [2.45, 2.75) is 13.0 Å². The molecule has 0 fully saturated rings. The van der Waals surface area contributed by atoms with E-state index >= 15 is 0 Å². The first kappa shape index (κ1) is 15.9. The van der Waals surface area contributed by atoms with E-state index in [0.717, 1.165) is 29.3 Å². The highest BCUT2D eigenvalue weighted by Crippen LogP contribution is 2.31. The van der Waals surface area contributed by atoms with Gasteiger partial charge in [0.1, 0.15) is 17.7 Å². The summed E-state index contributed by atoms with van der Waals surface area (Å²) in [5, 5.41) is 0. The van der Waals surface area contributed by atoms with Crippen molar-refractivity contribution < 1.29 is 13.5 Å². The second-order valence-corrected chi connectivity index (χ2v) is 5.27. The van der Waals surface area contributed by atoms with E-state index in [4.69, 9.17) is 10.5 Å². The van der Waals surface area contributed by atoms with Gasteiger partial charge in [0.15, 0.2) is 11.6 Å². The van der Waals surface area contributed by atoms with Gasteiger partial charge in [0.25, 0.3) is 0 Å². The van der Waals surface area contributed by atoms with Gasteiger partial charge in [-0.15, -0.1) is 0 Å². The highest BCUT2D eigenvalue weighted by atomic mass is 19.1. The Morgan fingerprint density at radius 3 is 2.67 bits per heavy atom. The standard InChI is InChI=1S/C18H15F2N3O/c1-11(15-8-14(19)4-5-16(15)20)24-17-7-13(10-23-18(17)21)12-3-2-6-22-9-12/h2-11H,1H3,(H2,21,23)/t11-/m1/s1. The summed E-state index contributed by atoms with van der Waals surface area (Å²) in [7, 11) is 0. The number of benzene rings is 1. The number of ether oxygens (including phenoxy) is 1. The molecule has 0 saturated heterocycles. The molecule has 1 atom stereocenters. The number of rotatable bonds is 4. The minimum absolute atomic E-state index is 0.112. The predicted molar refractivity (Wildman–Crippen MR) is 87.3 cm³/mol. The number of halogens is 2. The molecule has 0 aliphatic rings. The van der Waals surface area contributed by atoms with Crippen LogP contribution in [-0.4, -0.2) is 9.97 Å². The maximum atomic E-state index is 13.9. The molecule has 6 heteroatoms. The Kier molecular flexibility index (Phi) is 4.37. The Bertz CT molecular complexity index is 856. The first-order valence-corrected chi connectivity index (χ1v) is 7.32. The van der Waals surface area contributed by atoms with Gasteiger partial charge in [-0.1, -0.05) is 6.07 Å². The van der Waals surface area contributed by atoms with Gasteiger partial charge in [-0.05, 0) is 37.3 Å². The smallest absolute Gasteiger partial charge is 0.166 e. The zero-order chi connectivity index (χ0) is 17.1. The summed E-state index contributed by atoms with van der Waals surface area (Å²) in [5.74, 6) is -0.602. The van der Waals surface area contributed by atoms with E-state index in [1.54, 1.807) is 37.6 Å². The Morgan fingerprint density at radius 2 is 1.92 bits per heavy atom. The number of nitrogen functional groups attached to an aromatic ring is 1. The molecule has 3 aromatic rings. The number of aromatic nitrogens is 2. The fourth-order valence-corrected chi connectivity index (χ4v) is 2.32. The zero-order valence-corrected chi connectivity index (χ0v) is 12.9. The van der Waals surface area contributed by atoms with Crippen LogP contribution >= 0.6 is 0 Å². The summed E-state index contributed by atoms with van der Waals surface area (Å²) in [5.41, 5.74) is 7.56. The topological polar surface area (TPSA) is 61.0 Å². The maximum Gasteiger partial charge on any atom is 0.166 e. The van der Waals surface area contributed by atoms with Crippen LogP contribution in [0.3, 0.4) is 0 Å². The lowest BCUT2D eigenvalue weighted by Crippen LogP contribution is -2.08. The number of hydrogen-bond donors (Lipinski definition) is 1. The number of pyridine rings is 2. The monoisotopic (exact) mass is 327 g/mol. The van der Waals surface area contributed by atoms with Crippen molar-refractivity contribution in [1.29, 1.82) is 0 Å². The lowest BCUT2D eigenvalue weighted by Gasteiger charge is -2.17. The molecule has 0 aliphatic heterocycles. The highest BCUT2D eigenvalue weighted by molar-refractivity contribution is 5.66. The van der Waals surface area contributed by atoms with Crippen LogP contribution in [0.1, 0.15) is 18.6 Å². The molecule has 2 heterocycles. The third-order valence-electron chi connectivity index (χ3n) is 3.58. The largest absolute Gasteiger partial charge is 0.482 e. The highest BCUT2D eigenvalue weighted by Gasteiger charge is 2.16. The molecule has 1 aromatic carbocycles. The van der Waals surface area contributed by atoms with Crippen LogP contribution in [0.2, 0.25) is 0 Å². The summed E-state index contributed by atoms with van der Waals surface area (Å²) >= 11 is 0. The fourth-order valence-electron chi connectivity index (χ4n) is 2.32. The molecule has 0 bridgehead atoms. The van der Waals surface area contributed by atoms with Gasteiger partial charge in [-0.25, -0.2) is 13.8 Å². The molecule has 0 amide bonds. The average Bonchev–Trinajstić information content (AvgIpc) is 2.59. The molecule has 4 nitrogen and oxygen atoms in total. The molecule has 0 aliphatic carbocycles. The molecular weight excluding hydrogens is 312 g/mol. The summed E-state index contributed by atoms with van der Waals surface area (Å²) < 4.78 is 32.9. The summed E-state index contributed by atoms with van der Waals surface area (Å²) in [4.78, 5) is 8.15. The molecule has 3 rings (SSSR count). The van der Waals surface area contributed by atoms with Crippen molar-refractivity contribution in [3.05, 3.63) is 72.2 Å². The van der Waals surface area contributed by atoms with Crippen LogP contribution in [0.25, 0.3) is 11.1 Å². The normalized spacial score (nSPS) is 12.0. The minimum atomic E-state index is -0.728. The molecule has 0 unspecified atom stereocenters. The molecule has 0 spiro atoms. The average molecular weight is 327 g/mol. The van der Waals surface area contributed by atoms with Gasteiger partial charge >= 0.3 is 0 Å². The van der Waals surface area contributed by atoms with Crippen LogP contribution < -0.4 is 10.5 Å². The van der Waals surface area contributed by atoms with Crippen molar-refractivity contribution in [1.82, 2.24) is 9.97 Å². The second-order valence-electron chi connectivity index (χ2n) is 5.27. The lowest BCUT2D eigenvalue weighted by atomic mass is 10.1. The van der Waals surface area contributed by atoms with Crippen molar-refractivity contribution in [3.8, 4) is 16.9 Å². The minimum Gasteiger partial charge on any atom is -0.482 e. The van der Waals surface area contributed by atoms with Crippen LogP contribution in [0.5, 0.6) is 5.75 Å². The number of nitrogens with zero attached hydrogens (tertiary/aromatic N) is 2. The van der Waals surface area contributed by atoms with Crippen LogP contribution in [0.15, 0.2) is 55.0 Å². The Balaban J connectivity index is 1.91. The van der Waals surface area contributed by atoms with Gasteiger partial charge in [0, 0.05) is 35.3 Å². The van der Waals surface area contributed by atoms with E-state index in [1.165, 1.54) is 0 Å². The third kappa shape index (κ3) is 3.32. The summed E-state index contributed by atoms with van der Waals surface area (Å²) in [6.45, 7) is 1.62. The Labute approximate surface area is 137 Å². The van der Waals surface area contributed by atoms with Crippen molar-refractivity contribution in [3.63, 3.8) is 0 Å². The van der Waals surface area contributed by atoms with Crippen molar-refractivity contribution in [2.75, 3.05) is 5.73 Å². The third-order valence-corrected chi connectivity index (χ3v) is 3.58. The van der Waals surface area contributed by atoms with E-state index in [2.05, 4.69) is 9.97 Å². The van der Waals surface area contributed by atoms with Gasteiger partial charge < -0.3 is 10.5 Å². The van der Waals surface area contributed by atoms with Crippen molar-refractivity contribution >= 4 is 5.82 Å². The molecule has 122 valence electrons. The molecule has 2 N–H and O–H groups in total. The fraction of sp³-hybridized carbons (Fsp3) is 0.111. The molecule has 2 aromatic heterocycles. The maximum absolute atomic E-state index is 13.9. The molecule has 0 radical (unpaired) electrons. The summed E-state index contributed by atoms with van der Waals surface area (Å²) in [6, 6.07) is 8.61. The number of hydrogen-bond acceptors (Lipinski definition) is 4. The van der Waals surface area contributed by atoms with Crippen LogP contribution in [0.4, 0.5) is 14.6 Å². The molecule has 24 heavy (non-hydrogen) atoms. The van der Waals surface area contributed by atoms with Crippen LogP contribution in [-0.2, 0) is 0 Å². The zero-order valence-electron chi connectivity index (χ0n) is 12.9. The number of anilines is 1.